The monoisotopic (exact) mass is 646 g/mol. The summed E-state index contributed by atoms with van der Waals surface area (Å²) in [5, 5.41) is 3.46. The van der Waals surface area contributed by atoms with E-state index < -0.39 is 12.1 Å². The molecule has 2 N–H and O–H groups in total. The molecule has 0 atom stereocenters. The normalized spacial score (nSPS) is 12.4. The summed E-state index contributed by atoms with van der Waals surface area (Å²) in [5.41, 5.74) is 5.97. The van der Waals surface area contributed by atoms with Gasteiger partial charge in [-0.2, -0.15) is 0 Å². The molecule has 3 aromatic heterocycles. The topological polar surface area (TPSA) is 109 Å². The average Bonchev–Trinajstić information content (AvgIpc) is 3.76. The third kappa shape index (κ3) is 3.83. The van der Waals surface area contributed by atoms with Gasteiger partial charge in [0.25, 0.3) is 0 Å². The van der Waals surface area contributed by atoms with Crippen molar-refractivity contribution in [1.29, 1.82) is 0 Å². The summed E-state index contributed by atoms with van der Waals surface area (Å²) in [5.74, 6) is 2.17. The zero-order valence-electron chi connectivity index (χ0n) is 21.9. The maximum absolute atomic E-state index is 6.48. The van der Waals surface area contributed by atoms with E-state index in [-0.39, 0.29) is 0 Å². The Hall–Kier alpha value is -4.66. The number of H-pyrrole nitrogens is 2. The summed E-state index contributed by atoms with van der Waals surface area (Å²) < 4.78 is 0.740. The van der Waals surface area contributed by atoms with E-state index in [0.29, 0.717) is 45.9 Å². The van der Waals surface area contributed by atoms with Gasteiger partial charge in [-0.15, -0.1) is 0 Å². The Balaban J connectivity index is 1.52. The van der Waals surface area contributed by atoms with E-state index in [1.807, 2.05) is 91.0 Å². The van der Waals surface area contributed by atoms with Crippen LogP contribution in [-0.2, 0) is 12.1 Å². The zero-order valence-corrected chi connectivity index (χ0v) is 24.4. The van der Waals surface area contributed by atoms with E-state index in [0.717, 1.165) is 48.3 Å². The molecule has 210 valence electrons. The summed E-state index contributed by atoms with van der Waals surface area (Å²) in [4.78, 5) is 36.8. The van der Waals surface area contributed by atoms with Gasteiger partial charge < -0.3 is 0 Å². The van der Waals surface area contributed by atoms with Crippen molar-refractivity contribution in [3.05, 3.63) is 91.0 Å². The van der Waals surface area contributed by atoms with Crippen molar-refractivity contribution in [3.63, 3.8) is 0 Å². The van der Waals surface area contributed by atoms with Crippen molar-refractivity contribution in [1.82, 2.24) is 39.9 Å². The Morgan fingerprint density at radius 3 is 1.30 bits per heavy atom. The summed E-state index contributed by atoms with van der Waals surface area (Å²) >= 11 is -1.000. The van der Waals surface area contributed by atoms with Crippen LogP contribution in [0, 0.1) is 0 Å². The fourth-order valence-electron chi connectivity index (χ4n) is 5.72. The molecule has 11 heteroatoms. The molecule has 4 aromatic carbocycles. The van der Waals surface area contributed by atoms with Gasteiger partial charge in [0.15, 0.2) is 0 Å². The predicted octanol–water partition coefficient (Wildman–Crippen LogP) is 7.42. The van der Waals surface area contributed by atoms with E-state index in [2.05, 4.69) is 9.97 Å². The van der Waals surface area contributed by atoms with Crippen molar-refractivity contribution in [2.75, 3.05) is 0 Å². The second-order valence-corrected chi connectivity index (χ2v) is 13.4. The Kier molecular flexibility index (Phi) is 5.45. The Morgan fingerprint density at radius 2 is 0.814 bits per heavy atom. The molecule has 0 radical (unpaired) electrons. The quantitative estimate of drug-likeness (QED) is 0.180. The molecule has 9 rings (SSSR count). The van der Waals surface area contributed by atoms with Crippen molar-refractivity contribution < 1.29 is 12.1 Å². The number of nitrogens with zero attached hydrogens (tertiary/aromatic N) is 6. The van der Waals surface area contributed by atoms with E-state index >= 15 is 0 Å². The van der Waals surface area contributed by atoms with Gasteiger partial charge in [0.05, 0.1) is 0 Å². The first-order valence-corrected chi connectivity index (χ1v) is 16.4. The van der Waals surface area contributed by atoms with Crippen molar-refractivity contribution in [3.8, 4) is 45.6 Å². The molecule has 0 saturated carbocycles. The fourth-order valence-corrected chi connectivity index (χ4v) is 7.12. The summed E-state index contributed by atoms with van der Waals surface area (Å²) in [6.45, 7) is 0. The second kappa shape index (κ2) is 9.42. The molecule has 0 saturated heterocycles. The minimum absolute atomic E-state index is 0.522. The first kappa shape index (κ1) is 24.9. The molecule has 0 spiro atoms. The summed E-state index contributed by atoms with van der Waals surface area (Å²) in [6.07, 6.45) is 0. The van der Waals surface area contributed by atoms with Gasteiger partial charge in [0.1, 0.15) is 0 Å². The van der Waals surface area contributed by atoms with Gasteiger partial charge >= 0.3 is 251 Å². The van der Waals surface area contributed by atoms with Crippen molar-refractivity contribution in [2.45, 2.75) is 0 Å². The number of nitrogens with one attached hydrogen (secondary N) is 2. The van der Waals surface area contributed by atoms with E-state index in [1.165, 1.54) is 0 Å². The molecule has 0 fully saturated rings. The molecule has 8 nitrogen and oxygen atoms in total. The SMILES string of the molecule is [Cl][Cu]([Cl])[c]1cccc2c3nc4nc(nc5[nH]c(nc6nc(nc([nH]3)c12)-c1ccccc1-6)c1ccccc51)-c1ccccc1-4. The fraction of sp³-hybridized carbons (Fsp3) is 0. The van der Waals surface area contributed by atoms with Gasteiger partial charge in [-0.25, -0.2) is 0 Å². The van der Waals surface area contributed by atoms with Crippen LogP contribution in [0.3, 0.4) is 0 Å². The van der Waals surface area contributed by atoms with Crippen LogP contribution in [0.2, 0.25) is 0 Å². The van der Waals surface area contributed by atoms with E-state index in [1.54, 1.807) is 0 Å². The molecular weight excluding hydrogens is 631 g/mol. The molecular formula is C32H17Cl2CuN8. The molecule has 8 bridgehead atoms. The predicted molar refractivity (Wildman–Crippen MR) is 167 cm³/mol. The molecule has 2 aliphatic rings. The number of rotatable bonds is 1. The van der Waals surface area contributed by atoms with Gasteiger partial charge in [0, 0.05) is 0 Å². The van der Waals surface area contributed by atoms with E-state index in [4.69, 9.17) is 50.1 Å². The number of hydrogen-bond donors (Lipinski definition) is 2. The average molecular weight is 648 g/mol. The third-order valence-corrected chi connectivity index (χ3v) is 9.41. The Morgan fingerprint density at radius 1 is 0.419 bits per heavy atom. The molecule has 2 aliphatic heterocycles. The van der Waals surface area contributed by atoms with Crippen molar-refractivity contribution in [2.24, 2.45) is 0 Å². The number of hydrogen-bond acceptors (Lipinski definition) is 6. The molecule has 0 amide bonds. The van der Waals surface area contributed by atoms with Crippen LogP contribution < -0.4 is 4.46 Å². The van der Waals surface area contributed by atoms with E-state index in [9.17, 15) is 0 Å². The van der Waals surface area contributed by atoms with Crippen LogP contribution in [0.15, 0.2) is 91.0 Å². The minimum atomic E-state index is -1.000. The van der Waals surface area contributed by atoms with Gasteiger partial charge in [-0.3, -0.25) is 0 Å². The molecule has 5 heterocycles. The zero-order chi connectivity index (χ0) is 28.7. The number of aromatic nitrogens is 8. The van der Waals surface area contributed by atoms with Crippen LogP contribution in [0.25, 0.3) is 89.7 Å². The van der Waals surface area contributed by atoms with Crippen molar-refractivity contribution >= 4 is 68.8 Å². The third-order valence-electron chi connectivity index (χ3n) is 7.62. The van der Waals surface area contributed by atoms with Crippen LogP contribution in [0.4, 0.5) is 0 Å². The molecule has 43 heavy (non-hydrogen) atoms. The van der Waals surface area contributed by atoms with Crippen LogP contribution >= 0.6 is 20.2 Å². The Labute approximate surface area is 256 Å². The van der Waals surface area contributed by atoms with Crippen LogP contribution in [-0.4, -0.2) is 39.9 Å². The number of halogens is 2. The summed E-state index contributed by atoms with van der Waals surface area (Å²) in [7, 11) is 13.0. The standard InChI is InChI=1S/C32H17N8.2ClH.Cu/c1-2-10-18-17(9-1)25-33-26(18)38-28-21-13-5-6-14-22(21)30(35-28)40-32-24-16-8-7-15-23(24)31(36-32)39-29-20-12-4-3-11-19(20)27(34-29)37-25;;;/h1-15H,(H2,33,34,35,36,37,38,39,40);2*1H;/q;;;+2/p-2. The second-order valence-electron chi connectivity index (χ2n) is 10.0. The number of aromatic amines is 2. The van der Waals surface area contributed by atoms with Crippen LogP contribution in [0.5, 0.6) is 0 Å². The number of fused-ring (bicyclic) bond motifs is 20. The molecule has 7 aromatic rings. The molecule has 0 unspecified atom stereocenters. The summed E-state index contributed by atoms with van der Waals surface area (Å²) in [6, 6.07) is 29.7. The van der Waals surface area contributed by atoms with Gasteiger partial charge in [0.2, 0.25) is 0 Å². The Bertz CT molecular complexity index is 2460. The van der Waals surface area contributed by atoms with Crippen LogP contribution in [0.1, 0.15) is 0 Å². The first-order chi connectivity index (χ1) is 21.1. The van der Waals surface area contributed by atoms with Gasteiger partial charge in [-0.1, -0.05) is 6.07 Å². The first-order valence-electron chi connectivity index (χ1n) is 13.3. The van der Waals surface area contributed by atoms with Gasteiger partial charge in [-0.05, 0) is 0 Å². The molecule has 0 aliphatic carbocycles. The number of benzene rings is 4. The maximum atomic E-state index is 6.48.